The first-order chi connectivity index (χ1) is 9.66. The number of carbonyl (C=O) groups is 2. The minimum atomic E-state index is -0.499. The van der Waals surface area contributed by atoms with Crippen molar-refractivity contribution in [1.82, 2.24) is 5.32 Å². The number of hydrogen-bond acceptors (Lipinski definition) is 5. The van der Waals surface area contributed by atoms with Gasteiger partial charge in [0, 0.05) is 0 Å². The highest BCUT2D eigenvalue weighted by Gasteiger charge is 2.30. The average molecular weight is 271 g/mol. The summed E-state index contributed by atoms with van der Waals surface area (Å²) in [6.45, 7) is -0.0406. The van der Waals surface area contributed by atoms with E-state index < -0.39 is 17.4 Å². The number of nitrogens with one attached hydrogen (secondary N) is 1. The molecule has 0 saturated carbocycles. The summed E-state index contributed by atoms with van der Waals surface area (Å²) in [7, 11) is 0. The molecule has 1 aromatic heterocycles. The maximum atomic E-state index is 11.7. The lowest BCUT2D eigenvalue weighted by Crippen LogP contribution is -2.20. The van der Waals surface area contributed by atoms with E-state index in [9.17, 15) is 14.4 Å². The minimum Gasteiger partial charge on any atom is -0.488 e. The number of fused-ring (bicyclic) bond motifs is 1. The van der Waals surface area contributed by atoms with Gasteiger partial charge in [-0.2, -0.15) is 0 Å². The van der Waals surface area contributed by atoms with Gasteiger partial charge < -0.3 is 9.15 Å². The molecular weight excluding hydrogens is 262 g/mol. The van der Waals surface area contributed by atoms with E-state index in [1.54, 1.807) is 30.3 Å². The van der Waals surface area contributed by atoms with Gasteiger partial charge in [-0.05, 0) is 24.3 Å². The summed E-state index contributed by atoms with van der Waals surface area (Å²) in [4.78, 5) is 34.6. The van der Waals surface area contributed by atoms with Crippen LogP contribution in [0.1, 0.15) is 26.3 Å². The molecule has 0 fully saturated rings. The maximum Gasteiger partial charge on any atom is 0.342 e. The summed E-state index contributed by atoms with van der Waals surface area (Å²) in [5, 5.41) is 2.19. The van der Waals surface area contributed by atoms with Gasteiger partial charge in [-0.3, -0.25) is 14.9 Å². The lowest BCUT2D eigenvalue weighted by Gasteiger charge is -2.07. The standard InChI is InChI=1S/C14H9NO5/c16-12-9-4-1-5-10(11(9)13(17)15-12)20-7-8-3-2-6-19-14(8)18/h1-6H,7H2,(H,15,16,17). The van der Waals surface area contributed by atoms with E-state index in [0.29, 0.717) is 5.56 Å². The van der Waals surface area contributed by atoms with Crippen molar-refractivity contribution in [2.45, 2.75) is 6.61 Å². The third kappa shape index (κ3) is 1.97. The van der Waals surface area contributed by atoms with Crippen molar-refractivity contribution in [3.05, 3.63) is 63.7 Å². The minimum absolute atomic E-state index is 0.0406. The normalized spacial score (nSPS) is 13.0. The largest absolute Gasteiger partial charge is 0.488 e. The van der Waals surface area contributed by atoms with E-state index in [2.05, 4.69) is 5.32 Å². The Bertz CT molecular complexity index is 762. The Kier molecular flexibility index (Phi) is 2.83. The Labute approximate surface area is 113 Å². The zero-order valence-electron chi connectivity index (χ0n) is 10.2. The van der Waals surface area contributed by atoms with Crippen molar-refractivity contribution >= 4 is 11.8 Å². The number of ether oxygens (including phenoxy) is 1. The summed E-state index contributed by atoms with van der Waals surface area (Å²) in [6.07, 6.45) is 1.28. The summed E-state index contributed by atoms with van der Waals surface area (Å²) in [6, 6.07) is 7.87. The molecule has 0 unspecified atom stereocenters. The molecule has 6 nitrogen and oxygen atoms in total. The molecule has 2 amide bonds. The number of amides is 2. The SMILES string of the molecule is O=C1NC(=O)c2c(OCc3cccoc3=O)cccc21. The molecule has 1 N–H and O–H groups in total. The van der Waals surface area contributed by atoms with E-state index in [1.807, 2.05) is 0 Å². The summed E-state index contributed by atoms with van der Waals surface area (Å²) in [5.41, 5.74) is 0.292. The number of imide groups is 1. The second-order valence-corrected chi connectivity index (χ2v) is 4.18. The van der Waals surface area contributed by atoms with Gasteiger partial charge in [0.15, 0.2) is 0 Å². The highest BCUT2D eigenvalue weighted by atomic mass is 16.5. The van der Waals surface area contributed by atoms with Crippen LogP contribution in [0.3, 0.4) is 0 Å². The van der Waals surface area contributed by atoms with E-state index in [4.69, 9.17) is 9.15 Å². The van der Waals surface area contributed by atoms with Crippen LogP contribution < -0.4 is 15.7 Å². The number of rotatable bonds is 3. The highest BCUT2D eigenvalue weighted by Crippen LogP contribution is 2.26. The van der Waals surface area contributed by atoms with Crippen molar-refractivity contribution in [3.8, 4) is 5.75 Å². The molecule has 20 heavy (non-hydrogen) atoms. The Morgan fingerprint density at radius 2 is 1.90 bits per heavy atom. The molecule has 1 aliphatic heterocycles. The van der Waals surface area contributed by atoms with Gasteiger partial charge in [0.2, 0.25) is 0 Å². The smallest absolute Gasteiger partial charge is 0.342 e. The predicted octanol–water partition coefficient (Wildman–Crippen LogP) is 1.10. The molecule has 0 bridgehead atoms. The summed E-state index contributed by atoms with van der Waals surface area (Å²) >= 11 is 0. The van der Waals surface area contributed by atoms with E-state index in [-0.39, 0.29) is 23.5 Å². The van der Waals surface area contributed by atoms with Gasteiger partial charge in [-0.15, -0.1) is 0 Å². The predicted molar refractivity (Wildman–Crippen MR) is 67.5 cm³/mol. The van der Waals surface area contributed by atoms with Gasteiger partial charge in [0.1, 0.15) is 12.4 Å². The number of benzene rings is 1. The van der Waals surface area contributed by atoms with Crippen LogP contribution in [-0.4, -0.2) is 11.8 Å². The third-order valence-corrected chi connectivity index (χ3v) is 2.92. The van der Waals surface area contributed by atoms with E-state index >= 15 is 0 Å². The Morgan fingerprint density at radius 3 is 2.70 bits per heavy atom. The average Bonchev–Trinajstić information content (AvgIpc) is 2.74. The second-order valence-electron chi connectivity index (χ2n) is 4.18. The molecule has 6 heteroatoms. The molecule has 0 radical (unpaired) electrons. The van der Waals surface area contributed by atoms with Gasteiger partial charge >= 0.3 is 5.63 Å². The fourth-order valence-electron chi connectivity index (χ4n) is 1.97. The van der Waals surface area contributed by atoms with Gasteiger partial charge in [-0.25, -0.2) is 4.79 Å². The monoisotopic (exact) mass is 271 g/mol. The van der Waals surface area contributed by atoms with Crippen LogP contribution in [0, 0.1) is 0 Å². The molecule has 100 valence electrons. The van der Waals surface area contributed by atoms with Gasteiger partial charge in [-0.1, -0.05) is 6.07 Å². The Morgan fingerprint density at radius 1 is 1.05 bits per heavy atom. The number of carbonyl (C=O) groups excluding carboxylic acids is 2. The molecule has 2 heterocycles. The molecule has 3 rings (SSSR count). The Balaban J connectivity index is 1.90. The quantitative estimate of drug-likeness (QED) is 0.845. The van der Waals surface area contributed by atoms with E-state index in [0.717, 1.165) is 0 Å². The van der Waals surface area contributed by atoms with Crippen LogP contribution in [0.2, 0.25) is 0 Å². The van der Waals surface area contributed by atoms with E-state index in [1.165, 1.54) is 6.26 Å². The number of hydrogen-bond donors (Lipinski definition) is 1. The van der Waals surface area contributed by atoms with Crippen molar-refractivity contribution in [3.63, 3.8) is 0 Å². The van der Waals surface area contributed by atoms with Gasteiger partial charge in [0.25, 0.3) is 11.8 Å². The van der Waals surface area contributed by atoms with Gasteiger partial charge in [0.05, 0.1) is 23.0 Å². The first kappa shape index (κ1) is 12.2. The molecule has 2 aromatic rings. The van der Waals surface area contributed by atoms with Crippen molar-refractivity contribution < 1.29 is 18.7 Å². The highest BCUT2D eigenvalue weighted by molar-refractivity contribution is 6.22. The molecule has 0 saturated heterocycles. The van der Waals surface area contributed by atoms with Crippen LogP contribution in [0.15, 0.2) is 45.8 Å². The third-order valence-electron chi connectivity index (χ3n) is 2.92. The van der Waals surface area contributed by atoms with Crippen molar-refractivity contribution in [2.75, 3.05) is 0 Å². The zero-order valence-corrected chi connectivity index (χ0v) is 10.2. The fourth-order valence-corrected chi connectivity index (χ4v) is 1.97. The van der Waals surface area contributed by atoms with Crippen LogP contribution in [0.5, 0.6) is 5.75 Å². The van der Waals surface area contributed by atoms with Crippen LogP contribution in [0.4, 0.5) is 0 Å². The topological polar surface area (TPSA) is 85.6 Å². The fraction of sp³-hybridized carbons (Fsp3) is 0.0714. The molecule has 0 aliphatic carbocycles. The molecule has 1 aliphatic rings. The first-order valence-corrected chi connectivity index (χ1v) is 5.85. The maximum absolute atomic E-state index is 11.7. The Hall–Kier alpha value is -2.89. The summed E-state index contributed by atoms with van der Waals surface area (Å²) < 4.78 is 10.2. The second kappa shape index (κ2) is 4.65. The molecular formula is C14H9NO5. The lowest BCUT2D eigenvalue weighted by atomic mass is 10.1. The molecule has 0 atom stereocenters. The lowest BCUT2D eigenvalue weighted by molar-refractivity contribution is 0.0878. The molecule has 0 spiro atoms. The molecule has 1 aromatic carbocycles. The summed E-state index contributed by atoms with van der Waals surface area (Å²) in [5.74, 6) is -0.690. The zero-order chi connectivity index (χ0) is 14.1. The van der Waals surface area contributed by atoms with Crippen molar-refractivity contribution in [2.24, 2.45) is 0 Å². The van der Waals surface area contributed by atoms with Crippen LogP contribution in [-0.2, 0) is 6.61 Å². The first-order valence-electron chi connectivity index (χ1n) is 5.85. The van der Waals surface area contributed by atoms with Crippen LogP contribution in [0.25, 0.3) is 0 Å². The van der Waals surface area contributed by atoms with Crippen LogP contribution >= 0.6 is 0 Å². The van der Waals surface area contributed by atoms with Crippen molar-refractivity contribution in [1.29, 1.82) is 0 Å².